The molecule has 0 amide bonds. The predicted octanol–water partition coefficient (Wildman–Crippen LogP) is 2.40. The highest BCUT2D eigenvalue weighted by Gasteiger charge is 2.11. The Labute approximate surface area is 131 Å². The van der Waals surface area contributed by atoms with Crippen LogP contribution >= 0.6 is 0 Å². The van der Waals surface area contributed by atoms with E-state index < -0.39 is 0 Å². The Balaban J connectivity index is 2.01. The molecule has 1 aromatic carbocycles. The number of anilines is 1. The molecule has 0 aliphatic heterocycles. The zero-order valence-corrected chi connectivity index (χ0v) is 13.2. The van der Waals surface area contributed by atoms with Gasteiger partial charge < -0.3 is 24.5 Å². The number of hydrogen-bond acceptors (Lipinski definition) is 5. The number of methoxy groups -OCH3 is 1. The van der Waals surface area contributed by atoms with E-state index in [-0.39, 0.29) is 6.61 Å². The molecule has 2 rings (SSSR count). The van der Waals surface area contributed by atoms with Gasteiger partial charge in [0, 0.05) is 19.6 Å². The highest BCUT2D eigenvalue weighted by Crippen LogP contribution is 2.29. The van der Waals surface area contributed by atoms with Crippen LogP contribution in [-0.2, 0) is 13.1 Å². The van der Waals surface area contributed by atoms with Crippen LogP contribution in [0, 0.1) is 0 Å². The monoisotopic (exact) mass is 304 g/mol. The Morgan fingerprint density at radius 3 is 2.77 bits per heavy atom. The van der Waals surface area contributed by atoms with Crippen LogP contribution in [0.2, 0.25) is 0 Å². The zero-order chi connectivity index (χ0) is 15.8. The first-order valence-corrected chi connectivity index (χ1v) is 7.54. The summed E-state index contributed by atoms with van der Waals surface area (Å²) < 4.78 is 10.8. The maximum absolute atomic E-state index is 9.15. The number of aliphatic hydroxyl groups excluding tert-OH is 1. The van der Waals surface area contributed by atoms with Gasteiger partial charge in [-0.3, -0.25) is 0 Å². The SMILES string of the molecule is CCN(CCO)c1ccc(CNCc2ccco2)cc1OC. The van der Waals surface area contributed by atoms with E-state index in [1.165, 1.54) is 0 Å². The number of benzene rings is 1. The van der Waals surface area contributed by atoms with Crippen molar-refractivity contribution >= 4 is 5.69 Å². The Morgan fingerprint density at radius 2 is 2.14 bits per heavy atom. The number of aliphatic hydroxyl groups is 1. The van der Waals surface area contributed by atoms with E-state index >= 15 is 0 Å². The smallest absolute Gasteiger partial charge is 0.142 e. The number of hydrogen-bond donors (Lipinski definition) is 2. The van der Waals surface area contributed by atoms with Crippen molar-refractivity contribution in [2.24, 2.45) is 0 Å². The van der Waals surface area contributed by atoms with Crippen LogP contribution < -0.4 is 15.0 Å². The van der Waals surface area contributed by atoms with Crippen molar-refractivity contribution in [3.8, 4) is 5.75 Å². The lowest BCUT2D eigenvalue weighted by Crippen LogP contribution is -2.26. The molecular weight excluding hydrogens is 280 g/mol. The molecule has 5 heteroatoms. The molecule has 120 valence electrons. The molecule has 1 heterocycles. The molecule has 0 saturated heterocycles. The predicted molar refractivity (Wildman–Crippen MR) is 87.2 cm³/mol. The minimum Gasteiger partial charge on any atom is -0.495 e. The number of likely N-dealkylation sites (N-methyl/N-ethyl adjacent to an activating group) is 1. The van der Waals surface area contributed by atoms with Gasteiger partial charge in [0.15, 0.2) is 0 Å². The summed E-state index contributed by atoms with van der Waals surface area (Å²) in [6.45, 7) is 5.06. The van der Waals surface area contributed by atoms with Crippen molar-refractivity contribution in [1.29, 1.82) is 0 Å². The van der Waals surface area contributed by atoms with Gasteiger partial charge >= 0.3 is 0 Å². The first-order chi connectivity index (χ1) is 10.8. The van der Waals surface area contributed by atoms with E-state index in [9.17, 15) is 0 Å². The third-order valence-corrected chi connectivity index (χ3v) is 3.54. The number of nitrogens with one attached hydrogen (secondary N) is 1. The molecule has 0 radical (unpaired) electrons. The van der Waals surface area contributed by atoms with Gasteiger partial charge in [-0.15, -0.1) is 0 Å². The third kappa shape index (κ3) is 4.26. The summed E-state index contributed by atoms with van der Waals surface area (Å²) in [6, 6.07) is 9.99. The summed E-state index contributed by atoms with van der Waals surface area (Å²) in [5, 5.41) is 12.5. The molecule has 1 aromatic heterocycles. The van der Waals surface area contributed by atoms with Crippen LogP contribution in [0.1, 0.15) is 18.2 Å². The van der Waals surface area contributed by atoms with Crippen LogP contribution in [0.4, 0.5) is 5.69 Å². The third-order valence-electron chi connectivity index (χ3n) is 3.54. The Hall–Kier alpha value is -1.98. The highest BCUT2D eigenvalue weighted by molar-refractivity contribution is 5.59. The zero-order valence-electron chi connectivity index (χ0n) is 13.2. The largest absolute Gasteiger partial charge is 0.495 e. The second-order valence-corrected chi connectivity index (χ2v) is 4.99. The minimum atomic E-state index is 0.128. The second kappa shape index (κ2) is 8.46. The summed E-state index contributed by atoms with van der Waals surface area (Å²) in [5.74, 6) is 1.75. The lowest BCUT2D eigenvalue weighted by atomic mass is 10.1. The second-order valence-electron chi connectivity index (χ2n) is 4.99. The quantitative estimate of drug-likeness (QED) is 0.745. The number of rotatable bonds is 9. The Morgan fingerprint density at radius 1 is 1.27 bits per heavy atom. The van der Waals surface area contributed by atoms with E-state index in [1.807, 2.05) is 24.3 Å². The highest BCUT2D eigenvalue weighted by atomic mass is 16.5. The van der Waals surface area contributed by atoms with Gasteiger partial charge in [-0.25, -0.2) is 0 Å². The van der Waals surface area contributed by atoms with Crippen molar-refractivity contribution in [2.45, 2.75) is 20.0 Å². The molecule has 0 unspecified atom stereocenters. The summed E-state index contributed by atoms with van der Waals surface area (Å²) in [5.41, 5.74) is 2.15. The van der Waals surface area contributed by atoms with Crippen LogP contribution in [-0.4, -0.2) is 31.9 Å². The fraction of sp³-hybridized carbons (Fsp3) is 0.412. The Kier molecular flexibility index (Phi) is 6.30. The van der Waals surface area contributed by atoms with Crippen molar-refractivity contribution in [2.75, 3.05) is 31.7 Å². The van der Waals surface area contributed by atoms with Crippen molar-refractivity contribution < 1.29 is 14.3 Å². The van der Waals surface area contributed by atoms with Crippen LogP contribution in [0.5, 0.6) is 5.75 Å². The van der Waals surface area contributed by atoms with Crippen molar-refractivity contribution in [1.82, 2.24) is 5.32 Å². The first kappa shape index (κ1) is 16.4. The molecule has 0 spiro atoms. The molecule has 0 aliphatic rings. The van der Waals surface area contributed by atoms with Gasteiger partial charge in [-0.2, -0.15) is 0 Å². The lowest BCUT2D eigenvalue weighted by molar-refractivity contribution is 0.302. The summed E-state index contributed by atoms with van der Waals surface area (Å²) in [7, 11) is 1.67. The van der Waals surface area contributed by atoms with E-state index in [1.54, 1.807) is 13.4 Å². The van der Waals surface area contributed by atoms with Gasteiger partial charge in [0.25, 0.3) is 0 Å². The summed E-state index contributed by atoms with van der Waals surface area (Å²) in [6.07, 6.45) is 1.68. The average molecular weight is 304 g/mol. The molecule has 5 nitrogen and oxygen atoms in total. The molecule has 2 N–H and O–H groups in total. The Bertz CT molecular complexity index is 555. The first-order valence-electron chi connectivity index (χ1n) is 7.54. The summed E-state index contributed by atoms with van der Waals surface area (Å²) >= 11 is 0. The lowest BCUT2D eigenvalue weighted by Gasteiger charge is -2.24. The van der Waals surface area contributed by atoms with Crippen molar-refractivity contribution in [3.05, 3.63) is 47.9 Å². The normalized spacial score (nSPS) is 10.7. The van der Waals surface area contributed by atoms with Crippen LogP contribution in [0.15, 0.2) is 41.0 Å². The molecular formula is C17H24N2O3. The molecule has 2 aromatic rings. The average Bonchev–Trinajstić information content (AvgIpc) is 3.06. The van der Waals surface area contributed by atoms with E-state index in [2.05, 4.69) is 23.2 Å². The number of nitrogens with zero attached hydrogens (tertiary/aromatic N) is 1. The molecule has 0 fully saturated rings. The van der Waals surface area contributed by atoms with E-state index in [0.29, 0.717) is 13.1 Å². The molecule has 0 saturated carbocycles. The number of furan rings is 1. The maximum atomic E-state index is 9.15. The fourth-order valence-corrected chi connectivity index (χ4v) is 2.41. The van der Waals surface area contributed by atoms with Gasteiger partial charge in [0.05, 0.1) is 32.2 Å². The maximum Gasteiger partial charge on any atom is 0.142 e. The van der Waals surface area contributed by atoms with E-state index in [4.69, 9.17) is 14.3 Å². The van der Waals surface area contributed by atoms with Crippen LogP contribution in [0.3, 0.4) is 0 Å². The fourth-order valence-electron chi connectivity index (χ4n) is 2.41. The molecule has 0 atom stereocenters. The minimum absolute atomic E-state index is 0.128. The molecule has 22 heavy (non-hydrogen) atoms. The van der Waals surface area contributed by atoms with Crippen molar-refractivity contribution in [3.63, 3.8) is 0 Å². The standard InChI is InChI=1S/C17H24N2O3/c1-3-19(8-9-20)16-7-6-14(11-17(16)21-2)12-18-13-15-5-4-10-22-15/h4-7,10-11,18,20H,3,8-9,12-13H2,1-2H3. The van der Waals surface area contributed by atoms with Gasteiger partial charge in [0.1, 0.15) is 11.5 Å². The summed E-state index contributed by atoms with van der Waals surface area (Å²) in [4.78, 5) is 2.10. The van der Waals surface area contributed by atoms with E-state index in [0.717, 1.165) is 35.9 Å². The van der Waals surface area contributed by atoms with Gasteiger partial charge in [-0.05, 0) is 36.8 Å². The van der Waals surface area contributed by atoms with Gasteiger partial charge in [-0.1, -0.05) is 6.07 Å². The molecule has 0 bridgehead atoms. The van der Waals surface area contributed by atoms with Gasteiger partial charge in [0.2, 0.25) is 0 Å². The number of ether oxygens (including phenoxy) is 1. The van der Waals surface area contributed by atoms with Crippen LogP contribution in [0.25, 0.3) is 0 Å². The molecule has 0 aliphatic carbocycles. The topological polar surface area (TPSA) is 57.9 Å².